The fraction of sp³-hybridized carbons (Fsp3) is 0.333. The van der Waals surface area contributed by atoms with Gasteiger partial charge in [0.25, 0.3) is 0 Å². The molecule has 0 saturated heterocycles. The zero-order valence-electron chi connectivity index (χ0n) is 13.4. The quantitative estimate of drug-likeness (QED) is 0.694. The zero-order chi connectivity index (χ0) is 17.0. The summed E-state index contributed by atoms with van der Waals surface area (Å²) in [4.78, 5) is 0. The third-order valence-corrected chi connectivity index (χ3v) is 4.11. The topological polar surface area (TPSA) is 21.3 Å². The number of nitrogens with one attached hydrogen (secondary N) is 1. The molecule has 2 aromatic rings. The van der Waals surface area contributed by atoms with Crippen molar-refractivity contribution in [2.45, 2.75) is 39.5 Å². The Bertz CT molecular complexity index is 665. The van der Waals surface area contributed by atoms with Gasteiger partial charge in [-0.2, -0.15) is 0 Å². The van der Waals surface area contributed by atoms with E-state index in [0.717, 1.165) is 10.0 Å². The van der Waals surface area contributed by atoms with Gasteiger partial charge in [-0.3, -0.25) is 0 Å². The van der Waals surface area contributed by atoms with Crippen LogP contribution >= 0.6 is 27.5 Å². The fourth-order valence-electron chi connectivity index (χ4n) is 2.01. The van der Waals surface area contributed by atoms with Crippen LogP contribution in [0.1, 0.15) is 31.9 Å². The molecule has 2 aromatic carbocycles. The van der Waals surface area contributed by atoms with Crippen molar-refractivity contribution in [3.8, 4) is 5.75 Å². The van der Waals surface area contributed by atoms with Crippen LogP contribution in [0.5, 0.6) is 5.75 Å². The lowest BCUT2D eigenvalue weighted by atomic mass is 10.1. The molecule has 23 heavy (non-hydrogen) atoms. The lowest BCUT2D eigenvalue weighted by Gasteiger charge is -2.22. The van der Waals surface area contributed by atoms with Gasteiger partial charge in [0.2, 0.25) is 0 Å². The minimum Gasteiger partial charge on any atom is -0.488 e. The number of benzene rings is 2. The van der Waals surface area contributed by atoms with Crippen molar-refractivity contribution in [2.75, 3.05) is 0 Å². The summed E-state index contributed by atoms with van der Waals surface area (Å²) in [6.45, 7) is 7.05. The Hall–Kier alpha value is -1.10. The summed E-state index contributed by atoms with van der Waals surface area (Å²) in [5.74, 6) is 0.355. The second kappa shape index (κ2) is 7.65. The monoisotopic (exact) mass is 399 g/mol. The first kappa shape index (κ1) is 18.2. The number of ether oxygens (including phenoxy) is 1. The third-order valence-electron chi connectivity index (χ3n) is 3.27. The smallest absolute Gasteiger partial charge is 0.131 e. The highest BCUT2D eigenvalue weighted by Crippen LogP contribution is 2.26. The van der Waals surface area contributed by atoms with Crippen LogP contribution in [0, 0.1) is 5.82 Å². The van der Waals surface area contributed by atoms with Gasteiger partial charge in [-0.1, -0.05) is 33.6 Å². The summed E-state index contributed by atoms with van der Waals surface area (Å²) in [7, 11) is 0. The molecule has 5 heteroatoms. The van der Waals surface area contributed by atoms with E-state index < -0.39 is 0 Å². The highest BCUT2D eigenvalue weighted by molar-refractivity contribution is 9.10. The number of halogens is 3. The van der Waals surface area contributed by atoms with E-state index in [0.29, 0.717) is 22.9 Å². The van der Waals surface area contributed by atoms with Gasteiger partial charge in [-0.25, -0.2) is 4.39 Å². The molecule has 0 spiro atoms. The van der Waals surface area contributed by atoms with Gasteiger partial charge in [-0.15, -0.1) is 0 Å². The van der Waals surface area contributed by atoms with Crippen LogP contribution < -0.4 is 10.1 Å². The Labute approximate surface area is 150 Å². The molecular weight excluding hydrogens is 381 g/mol. The van der Waals surface area contributed by atoms with Crippen LogP contribution in [0.15, 0.2) is 40.9 Å². The SMILES string of the molecule is CC(C)(C)NCc1cc(Br)ccc1OCc1c(F)cccc1Cl. The maximum Gasteiger partial charge on any atom is 0.131 e. The first-order chi connectivity index (χ1) is 10.8. The van der Waals surface area contributed by atoms with Crippen LogP contribution in [-0.2, 0) is 13.2 Å². The summed E-state index contributed by atoms with van der Waals surface area (Å²) >= 11 is 9.51. The van der Waals surface area contributed by atoms with Crippen LogP contribution in [0.25, 0.3) is 0 Å². The molecule has 0 atom stereocenters. The Morgan fingerprint density at radius 3 is 2.61 bits per heavy atom. The Kier molecular flexibility index (Phi) is 6.06. The van der Waals surface area contributed by atoms with Gasteiger partial charge < -0.3 is 10.1 Å². The second-order valence-electron chi connectivity index (χ2n) is 6.34. The van der Waals surface area contributed by atoms with Gasteiger partial charge in [0.05, 0.1) is 5.02 Å². The first-order valence-corrected chi connectivity index (χ1v) is 8.52. The average molecular weight is 401 g/mol. The van der Waals surface area contributed by atoms with Gasteiger partial charge in [-0.05, 0) is 51.1 Å². The van der Waals surface area contributed by atoms with Crippen LogP contribution in [0.3, 0.4) is 0 Å². The van der Waals surface area contributed by atoms with Crippen molar-refractivity contribution in [2.24, 2.45) is 0 Å². The molecule has 0 radical (unpaired) electrons. The van der Waals surface area contributed by atoms with E-state index in [-0.39, 0.29) is 18.0 Å². The highest BCUT2D eigenvalue weighted by Gasteiger charge is 2.13. The number of hydrogen-bond acceptors (Lipinski definition) is 2. The Balaban J connectivity index is 2.16. The molecule has 124 valence electrons. The molecule has 0 bridgehead atoms. The van der Waals surface area contributed by atoms with Gasteiger partial charge in [0.15, 0.2) is 0 Å². The molecule has 1 N–H and O–H groups in total. The van der Waals surface area contributed by atoms with E-state index in [2.05, 4.69) is 42.0 Å². The molecular formula is C18H20BrClFNO. The minimum absolute atomic E-state index is 0.00552. The van der Waals surface area contributed by atoms with Crippen molar-refractivity contribution < 1.29 is 9.13 Å². The lowest BCUT2D eigenvalue weighted by Crippen LogP contribution is -2.35. The predicted octanol–water partition coefficient (Wildman–Crippen LogP) is 5.71. The molecule has 0 aliphatic rings. The molecule has 0 aromatic heterocycles. The van der Waals surface area contributed by atoms with Gasteiger partial charge in [0.1, 0.15) is 18.2 Å². The maximum atomic E-state index is 13.8. The molecule has 0 amide bonds. The largest absolute Gasteiger partial charge is 0.488 e. The van der Waals surface area contributed by atoms with E-state index in [1.54, 1.807) is 12.1 Å². The maximum absolute atomic E-state index is 13.8. The first-order valence-electron chi connectivity index (χ1n) is 7.35. The van der Waals surface area contributed by atoms with Crippen molar-refractivity contribution in [1.29, 1.82) is 0 Å². The normalized spacial score (nSPS) is 11.6. The van der Waals surface area contributed by atoms with Crippen LogP contribution in [0.2, 0.25) is 5.02 Å². The van der Waals surface area contributed by atoms with Crippen LogP contribution in [-0.4, -0.2) is 5.54 Å². The Morgan fingerprint density at radius 1 is 1.22 bits per heavy atom. The average Bonchev–Trinajstić information content (AvgIpc) is 2.45. The van der Waals surface area contributed by atoms with Crippen molar-refractivity contribution in [3.05, 3.63) is 62.8 Å². The Morgan fingerprint density at radius 2 is 1.96 bits per heavy atom. The summed E-state index contributed by atoms with van der Waals surface area (Å²) in [6, 6.07) is 10.4. The van der Waals surface area contributed by atoms with E-state index in [1.807, 2.05) is 18.2 Å². The van der Waals surface area contributed by atoms with Crippen molar-refractivity contribution in [1.82, 2.24) is 5.32 Å². The summed E-state index contributed by atoms with van der Waals surface area (Å²) < 4.78 is 20.6. The van der Waals surface area contributed by atoms with E-state index >= 15 is 0 Å². The zero-order valence-corrected chi connectivity index (χ0v) is 15.8. The summed E-state index contributed by atoms with van der Waals surface area (Å²) in [5, 5.41) is 3.80. The summed E-state index contributed by atoms with van der Waals surface area (Å²) in [6.07, 6.45) is 0. The second-order valence-corrected chi connectivity index (χ2v) is 7.67. The van der Waals surface area contributed by atoms with E-state index in [4.69, 9.17) is 16.3 Å². The van der Waals surface area contributed by atoms with E-state index in [1.165, 1.54) is 6.07 Å². The fourth-order valence-corrected chi connectivity index (χ4v) is 2.63. The molecule has 0 saturated carbocycles. The van der Waals surface area contributed by atoms with Crippen LogP contribution in [0.4, 0.5) is 4.39 Å². The van der Waals surface area contributed by atoms with Gasteiger partial charge in [0, 0.05) is 27.7 Å². The predicted molar refractivity (Wildman–Crippen MR) is 96.5 cm³/mol. The molecule has 0 aliphatic heterocycles. The number of hydrogen-bond donors (Lipinski definition) is 1. The third kappa shape index (κ3) is 5.48. The molecule has 0 fully saturated rings. The number of rotatable bonds is 5. The standard InChI is InChI=1S/C18H20BrClFNO/c1-18(2,3)22-10-12-9-13(19)7-8-17(12)23-11-14-15(20)5-4-6-16(14)21/h4-9,22H,10-11H2,1-3H3. The molecule has 2 nitrogen and oxygen atoms in total. The van der Waals surface area contributed by atoms with E-state index in [9.17, 15) is 4.39 Å². The molecule has 0 unspecified atom stereocenters. The lowest BCUT2D eigenvalue weighted by molar-refractivity contribution is 0.294. The molecule has 2 rings (SSSR count). The minimum atomic E-state index is -0.357. The van der Waals surface area contributed by atoms with Gasteiger partial charge >= 0.3 is 0 Å². The summed E-state index contributed by atoms with van der Waals surface area (Å²) in [5.41, 5.74) is 1.36. The highest BCUT2D eigenvalue weighted by atomic mass is 79.9. The molecule has 0 aliphatic carbocycles. The molecule has 0 heterocycles. The van der Waals surface area contributed by atoms with Crippen molar-refractivity contribution >= 4 is 27.5 Å². The van der Waals surface area contributed by atoms with Crippen molar-refractivity contribution in [3.63, 3.8) is 0 Å².